The predicted octanol–water partition coefficient (Wildman–Crippen LogP) is 2.83. The molecule has 0 fully saturated rings. The van der Waals surface area contributed by atoms with Crippen LogP contribution in [0, 0.1) is 6.92 Å². The number of carboxylic acid groups (broad SMARTS) is 1. The zero-order chi connectivity index (χ0) is 14.4. The molecule has 0 radical (unpaired) electrons. The maximum Gasteiger partial charge on any atom is 0.339 e. The first-order valence-electron chi connectivity index (χ1n) is 6.46. The topological polar surface area (TPSA) is 72.6 Å². The van der Waals surface area contributed by atoms with Crippen LogP contribution in [-0.2, 0) is 17.8 Å². The molecule has 0 saturated carbocycles. The van der Waals surface area contributed by atoms with Gasteiger partial charge >= 0.3 is 5.97 Å². The number of carbonyl (C=O) groups is 1. The van der Waals surface area contributed by atoms with Gasteiger partial charge in [0.15, 0.2) is 0 Å². The summed E-state index contributed by atoms with van der Waals surface area (Å²) in [5, 5.41) is 8.91. The van der Waals surface area contributed by atoms with E-state index in [2.05, 4.69) is 4.98 Å². The van der Waals surface area contributed by atoms with Crippen molar-refractivity contribution in [2.45, 2.75) is 26.4 Å². The van der Waals surface area contributed by atoms with Crippen molar-refractivity contribution in [2.24, 2.45) is 0 Å². The van der Waals surface area contributed by atoms with Crippen molar-refractivity contribution in [2.75, 3.05) is 6.61 Å². The maximum atomic E-state index is 10.9. The first kappa shape index (κ1) is 14.3. The van der Waals surface area contributed by atoms with Crippen molar-refractivity contribution in [3.05, 3.63) is 53.2 Å². The molecular formula is C15H17NO4. The lowest BCUT2D eigenvalue weighted by Gasteiger charge is -2.02. The fraction of sp³-hybridized carbons (Fsp3) is 0.333. The van der Waals surface area contributed by atoms with Gasteiger partial charge in [0.05, 0.1) is 0 Å². The number of nitrogens with zero attached hydrogens (tertiary/aromatic N) is 1. The molecule has 0 aliphatic carbocycles. The van der Waals surface area contributed by atoms with Crippen LogP contribution in [0.5, 0.6) is 0 Å². The highest BCUT2D eigenvalue weighted by atomic mass is 16.5. The van der Waals surface area contributed by atoms with Crippen LogP contribution < -0.4 is 0 Å². The third-order valence-corrected chi connectivity index (χ3v) is 2.95. The summed E-state index contributed by atoms with van der Waals surface area (Å²) in [6.07, 6.45) is 5.38. The fourth-order valence-corrected chi connectivity index (χ4v) is 1.93. The second-order valence-electron chi connectivity index (χ2n) is 4.50. The molecule has 0 atom stereocenters. The SMILES string of the molecule is Cc1oc(COCCCc2ccncc2)cc1C(=O)O. The van der Waals surface area contributed by atoms with E-state index in [1.165, 1.54) is 11.6 Å². The number of rotatable bonds is 7. The van der Waals surface area contributed by atoms with Crippen molar-refractivity contribution >= 4 is 5.97 Å². The molecular weight excluding hydrogens is 258 g/mol. The first-order chi connectivity index (χ1) is 9.66. The van der Waals surface area contributed by atoms with E-state index in [0.717, 1.165) is 12.8 Å². The number of ether oxygens (including phenoxy) is 1. The Hall–Kier alpha value is -2.14. The Morgan fingerprint density at radius 2 is 2.15 bits per heavy atom. The Morgan fingerprint density at radius 3 is 2.80 bits per heavy atom. The van der Waals surface area contributed by atoms with Gasteiger partial charge in [0.2, 0.25) is 0 Å². The molecule has 20 heavy (non-hydrogen) atoms. The van der Waals surface area contributed by atoms with Crippen molar-refractivity contribution in [3.63, 3.8) is 0 Å². The van der Waals surface area contributed by atoms with E-state index < -0.39 is 5.97 Å². The lowest BCUT2D eigenvalue weighted by atomic mass is 10.1. The zero-order valence-corrected chi connectivity index (χ0v) is 11.3. The second kappa shape index (κ2) is 6.86. The average molecular weight is 275 g/mol. The van der Waals surface area contributed by atoms with E-state index in [1.807, 2.05) is 12.1 Å². The monoisotopic (exact) mass is 275 g/mol. The van der Waals surface area contributed by atoms with Crippen molar-refractivity contribution in [3.8, 4) is 0 Å². The molecule has 0 bridgehead atoms. The van der Waals surface area contributed by atoms with Gasteiger partial charge in [0, 0.05) is 19.0 Å². The normalized spacial score (nSPS) is 10.7. The minimum atomic E-state index is -0.977. The number of hydrogen-bond acceptors (Lipinski definition) is 4. The summed E-state index contributed by atoms with van der Waals surface area (Å²) >= 11 is 0. The molecule has 0 saturated heterocycles. The highest BCUT2D eigenvalue weighted by Crippen LogP contribution is 2.15. The van der Waals surface area contributed by atoms with Crippen LogP contribution in [0.1, 0.15) is 33.9 Å². The zero-order valence-electron chi connectivity index (χ0n) is 11.3. The minimum Gasteiger partial charge on any atom is -0.478 e. The van der Waals surface area contributed by atoms with E-state index in [-0.39, 0.29) is 5.56 Å². The summed E-state index contributed by atoms with van der Waals surface area (Å²) in [7, 11) is 0. The Kier molecular flexibility index (Phi) is 4.90. The number of pyridine rings is 1. The molecule has 1 N–H and O–H groups in total. The highest BCUT2D eigenvalue weighted by Gasteiger charge is 2.13. The molecule has 106 valence electrons. The fourth-order valence-electron chi connectivity index (χ4n) is 1.93. The third-order valence-electron chi connectivity index (χ3n) is 2.95. The van der Waals surface area contributed by atoms with Crippen LogP contribution >= 0.6 is 0 Å². The van der Waals surface area contributed by atoms with Crippen LogP contribution in [0.4, 0.5) is 0 Å². The van der Waals surface area contributed by atoms with E-state index in [1.54, 1.807) is 19.3 Å². The quantitative estimate of drug-likeness (QED) is 0.787. The van der Waals surface area contributed by atoms with Crippen LogP contribution in [0.2, 0.25) is 0 Å². The van der Waals surface area contributed by atoms with Crippen molar-refractivity contribution in [1.82, 2.24) is 4.98 Å². The third kappa shape index (κ3) is 3.93. The molecule has 0 unspecified atom stereocenters. The van der Waals surface area contributed by atoms with Crippen LogP contribution in [-0.4, -0.2) is 22.7 Å². The molecule has 0 aliphatic rings. The van der Waals surface area contributed by atoms with Crippen molar-refractivity contribution in [1.29, 1.82) is 0 Å². The van der Waals surface area contributed by atoms with E-state index in [0.29, 0.717) is 24.7 Å². The van der Waals surface area contributed by atoms with E-state index in [9.17, 15) is 4.79 Å². The summed E-state index contributed by atoms with van der Waals surface area (Å²) in [6, 6.07) is 5.48. The first-order valence-corrected chi connectivity index (χ1v) is 6.46. The lowest BCUT2D eigenvalue weighted by molar-refractivity contribution is 0.0695. The lowest BCUT2D eigenvalue weighted by Crippen LogP contribution is -1.97. The molecule has 0 spiro atoms. The van der Waals surface area contributed by atoms with Gasteiger partial charge in [0.1, 0.15) is 23.7 Å². The van der Waals surface area contributed by atoms with Gasteiger partial charge < -0.3 is 14.3 Å². The number of aromatic carboxylic acids is 1. The molecule has 2 aromatic rings. The smallest absolute Gasteiger partial charge is 0.339 e. The van der Waals surface area contributed by atoms with Gasteiger partial charge in [-0.3, -0.25) is 4.98 Å². The Labute approximate surface area is 117 Å². The molecule has 5 nitrogen and oxygen atoms in total. The molecule has 2 rings (SSSR count). The minimum absolute atomic E-state index is 0.195. The van der Waals surface area contributed by atoms with Crippen molar-refractivity contribution < 1.29 is 19.1 Å². The largest absolute Gasteiger partial charge is 0.478 e. The molecule has 0 aliphatic heterocycles. The summed E-state index contributed by atoms with van der Waals surface area (Å²) in [6.45, 7) is 2.53. The van der Waals surface area contributed by atoms with Crippen LogP contribution in [0.25, 0.3) is 0 Å². The Bertz CT molecular complexity index is 563. The van der Waals surface area contributed by atoms with Gasteiger partial charge in [-0.2, -0.15) is 0 Å². The van der Waals surface area contributed by atoms with Crippen LogP contribution in [0.3, 0.4) is 0 Å². The number of aromatic nitrogens is 1. The predicted molar refractivity (Wildman–Crippen MR) is 72.6 cm³/mol. The molecule has 2 heterocycles. The second-order valence-corrected chi connectivity index (χ2v) is 4.50. The van der Waals surface area contributed by atoms with Gasteiger partial charge in [-0.1, -0.05) is 0 Å². The molecule has 0 aromatic carbocycles. The number of hydrogen-bond donors (Lipinski definition) is 1. The van der Waals surface area contributed by atoms with Gasteiger partial charge in [0.25, 0.3) is 0 Å². The Balaban J connectivity index is 1.71. The highest BCUT2D eigenvalue weighted by molar-refractivity contribution is 5.88. The Morgan fingerprint density at radius 1 is 1.40 bits per heavy atom. The standard InChI is InChI=1S/C15H17NO4/c1-11-14(15(17)18)9-13(20-11)10-19-8-2-3-12-4-6-16-7-5-12/h4-7,9H,2-3,8,10H2,1H3,(H,17,18). The number of furan rings is 1. The molecule has 5 heteroatoms. The van der Waals surface area contributed by atoms with E-state index in [4.69, 9.17) is 14.3 Å². The van der Waals surface area contributed by atoms with E-state index >= 15 is 0 Å². The number of carboxylic acids is 1. The maximum absolute atomic E-state index is 10.9. The summed E-state index contributed by atoms with van der Waals surface area (Å²) in [5.41, 5.74) is 1.42. The van der Waals surface area contributed by atoms with Gasteiger partial charge in [-0.25, -0.2) is 4.79 Å². The van der Waals surface area contributed by atoms with Gasteiger partial charge in [-0.05, 0) is 43.5 Å². The molecule has 0 amide bonds. The summed E-state index contributed by atoms with van der Waals surface area (Å²) in [4.78, 5) is 14.8. The number of aryl methyl sites for hydroxylation is 2. The average Bonchev–Trinajstić information content (AvgIpc) is 2.81. The molecule has 2 aromatic heterocycles. The summed E-state index contributed by atoms with van der Waals surface area (Å²) in [5.74, 6) is -0.0214. The van der Waals surface area contributed by atoms with Gasteiger partial charge in [-0.15, -0.1) is 0 Å². The van der Waals surface area contributed by atoms with Crippen LogP contribution in [0.15, 0.2) is 35.0 Å². The summed E-state index contributed by atoms with van der Waals surface area (Å²) < 4.78 is 10.8.